The van der Waals surface area contributed by atoms with Crippen LogP contribution in [0.5, 0.6) is 5.88 Å². The van der Waals surface area contributed by atoms with E-state index in [9.17, 15) is 5.11 Å². The van der Waals surface area contributed by atoms with E-state index < -0.39 is 0 Å². The number of aromatic nitrogens is 1. The summed E-state index contributed by atoms with van der Waals surface area (Å²) in [4.78, 5) is 8.81. The van der Waals surface area contributed by atoms with Crippen LogP contribution in [0.1, 0.15) is 4.88 Å². The smallest absolute Gasteiger partial charge is 0.231 e. The molecule has 1 aliphatic heterocycles. The minimum atomic E-state index is -0.0421. The number of fused-ring (bicyclic) bond motifs is 1. The highest BCUT2D eigenvalue weighted by atomic mass is 32.1. The zero-order valence-corrected chi connectivity index (χ0v) is 9.61. The number of para-hydroxylation sites is 1. The lowest BCUT2D eigenvalue weighted by Gasteiger charge is -1.88. The Morgan fingerprint density at radius 3 is 2.82 bits per heavy atom. The highest BCUT2D eigenvalue weighted by Gasteiger charge is 2.07. The van der Waals surface area contributed by atoms with Crippen molar-refractivity contribution >= 4 is 28.6 Å². The van der Waals surface area contributed by atoms with E-state index >= 15 is 0 Å². The molecule has 0 amide bonds. The maximum atomic E-state index is 9.53. The molecule has 0 aliphatic carbocycles. The monoisotopic (exact) mass is 243 g/mol. The minimum Gasteiger partial charge on any atom is -0.492 e. The third-order valence-corrected chi connectivity index (χ3v) is 3.24. The number of allylic oxidation sites excluding steroid dienone is 1. The van der Waals surface area contributed by atoms with Crippen LogP contribution in [0.4, 0.5) is 5.13 Å². The number of nitrogen functional groups attached to an aromatic ring is 1. The summed E-state index contributed by atoms with van der Waals surface area (Å²) in [5, 5.41) is 11.9. The Hall–Kier alpha value is -2.14. The van der Waals surface area contributed by atoms with E-state index in [-0.39, 0.29) is 5.88 Å². The standard InChI is InChI=1S/C12H9N3OS/c13-12-15-11(16)10(17-12)6-8-5-7-3-1-2-4-9(7)14-8/h1-6,16H,(H2,13,15)/b8-6+. The average molecular weight is 243 g/mol. The van der Waals surface area contributed by atoms with E-state index in [2.05, 4.69) is 9.98 Å². The van der Waals surface area contributed by atoms with Gasteiger partial charge in [-0.1, -0.05) is 29.5 Å². The number of hydrogen-bond acceptors (Lipinski definition) is 5. The maximum absolute atomic E-state index is 9.53. The molecule has 0 fully saturated rings. The summed E-state index contributed by atoms with van der Waals surface area (Å²) in [6, 6.07) is 7.87. The fourth-order valence-corrected chi connectivity index (χ4v) is 2.36. The van der Waals surface area contributed by atoms with Crippen LogP contribution in [0.2, 0.25) is 0 Å². The van der Waals surface area contributed by atoms with Crippen molar-refractivity contribution in [1.29, 1.82) is 0 Å². The van der Waals surface area contributed by atoms with Gasteiger partial charge in [-0.05, 0) is 18.2 Å². The van der Waals surface area contributed by atoms with Gasteiger partial charge in [0.05, 0.1) is 15.9 Å². The van der Waals surface area contributed by atoms with Crippen LogP contribution in [0.25, 0.3) is 12.2 Å². The molecule has 1 aromatic carbocycles. The molecule has 0 radical (unpaired) electrons. The van der Waals surface area contributed by atoms with E-state index in [1.165, 1.54) is 11.3 Å². The molecule has 0 saturated carbocycles. The maximum Gasteiger partial charge on any atom is 0.231 e. The Balaban J connectivity index is 2.09. The van der Waals surface area contributed by atoms with Gasteiger partial charge >= 0.3 is 0 Å². The van der Waals surface area contributed by atoms with Gasteiger partial charge in [-0.3, -0.25) is 0 Å². The predicted molar refractivity (Wildman–Crippen MR) is 67.9 cm³/mol. The van der Waals surface area contributed by atoms with Crippen LogP contribution in [-0.2, 0) is 0 Å². The molecule has 3 rings (SSSR count). The molecule has 0 atom stereocenters. The molecule has 5 heteroatoms. The lowest BCUT2D eigenvalue weighted by atomic mass is 10.3. The van der Waals surface area contributed by atoms with Crippen molar-refractivity contribution < 1.29 is 5.11 Å². The second-order valence-corrected chi connectivity index (χ2v) is 4.69. The van der Waals surface area contributed by atoms with Gasteiger partial charge in [0.15, 0.2) is 5.13 Å². The summed E-state index contributed by atoms with van der Waals surface area (Å²) in [7, 11) is 0. The second-order valence-electron chi connectivity index (χ2n) is 3.62. The SMILES string of the molecule is Nc1nc(O)c(/C=C2\C=c3ccccc3=N2)s1. The first-order chi connectivity index (χ1) is 8.22. The summed E-state index contributed by atoms with van der Waals surface area (Å²) in [6.07, 6.45) is 3.74. The van der Waals surface area contributed by atoms with Crippen LogP contribution >= 0.6 is 11.3 Å². The average Bonchev–Trinajstić information content (AvgIpc) is 2.82. The van der Waals surface area contributed by atoms with Gasteiger partial charge in [0.2, 0.25) is 5.88 Å². The van der Waals surface area contributed by atoms with Crippen molar-refractivity contribution in [2.75, 3.05) is 5.73 Å². The zero-order valence-electron chi connectivity index (χ0n) is 8.79. The van der Waals surface area contributed by atoms with E-state index in [1.807, 2.05) is 30.3 Å². The molecule has 4 nitrogen and oxygen atoms in total. The van der Waals surface area contributed by atoms with Gasteiger partial charge in [-0.2, -0.15) is 4.98 Å². The molecule has 2 aromatic rings. The van der Waals surface area contributed by atoms with Gasteiger partial charge in [0.1, 0.15) is 0 Å². The van der Waals surface area contributed by atoms with Crippen molar-refractivity contribution in [2.45, 2.75) is 0 Å². The first-order valence-corrected chi connectivity index (χ1v) is 5.86. The lowest BCUT2D eigenvalue weighted by Crippen LogP contribution is -2.19. The molecule has 0 unspecified atom stereocenters. The number of anilines is 1. The van der Waals surface area contributed by atoms with Crippen LogP contribution in [0, 0.1) is 0 Å². The quantitative estimate of drug-likeness (QED) is 0.781. The van der Waals surface area contributed by atoms with E-state index in [0.717, 1.165) is 16.3 Å². The van der Waals surface area contributed by atoms with E-state index in [4.69, 9.17) is 5.73 Å². The van der Waals surface area contributed by atoms with Gasteiger partial charge in [0, 0.05) is 5.22 Å². The summed E-state index contributed by atoms with van der Waals surface area (Å²) in [6.45, 7) is 0. The highest BCUT2D eigenvalue weighted by molar-refractivity contribution is 7.16. The predicted octanol–water partition coefficient (Wildman–Crippen LogP) is 0.886. The number of rotatable bonds is 1. The van der Waals surface area contributed by atoms with Crippen molar-refractivity contribution in [3.63, 3.8) is 0 Å². The van der Waals surface area contributed by atoms with Crippen LogP contribution in [-0.4, -0.2) is 10.1 Å². The minimum absolute atomic E-state index is 0.0421. The Bertz CT molecular complexity index is 693. The van der Waals surface area contributed by atoms with Gasteiger partial charge < -0.3 is 10.8 Å². The molecule has 17 heavy (non-hydrogen) atoms. The molecule has 2 heterocycles. The summed E-state index contributed by atoms with van der Waals surface area (Å²) in [5.41, 5.74) is 6.31. The number of aromatic hydroxyl groups is 1. The second kappa shape index (κ2) is 3.71. The first-order valence-electron chi connectivity index (χ1n) is 5.05. The van der Waals surface area contributed by atoms with Crippen molar-refractivity contribution in [2.24, 2.45) is 4.99 Å². The van der Waals surface area contributed by atoms with Crippen LogP contribution in [0.15, 0.2) is 35.0 Å². The first kappa shape index (κ1) is 10.0. The molecule has 84 valence electrons. The number of thiazole rings is 1. The van der Waals surface area contributed by atoms with Gasteiger partial charge in [0.25, 0.3) is 0 Å². The number of nitrogens with zero attached hydrogens (tertiary/aromatic N) is 2. The molecule has 1 aliphatic rings. The Morgan fingerprint density at radius 2 is 2.12 bits per heavy atom. The van der Waals surface area contributed by atoms with Crippen molar-refractivity contribution in [3.05, 3.63) is 45.4 Å². The molecule has 0 spiro atoms. The topological polar surface area (TPSA) is 71.5 Å². The Labute approximate surface area is 101 Å². The summed E-state index contributed by atoms with van der Waals surface area (Å²) in [5.74, 6) is -0.0421. The number of nitrogens with two attached hydrogens (primary N) is 1. The van der Waals surface area contributed by atoms with Crippen molar-refractivity contribution in [1.82, 2.24) is 4.98 Å². The molecular formula is C12H9N3OS. The van der Waals surface area contributed by atoms with Crippen LogP contribution < -0.4 is 16.3 Å². The molecule has 0 bridgehead atoms. The fraction of sp³-hybridized carbons (Fsp3) is 0. The molecule has 0 saturated heterocycles. The molecule has 1 aromatic heterocycles. The van der Waals surface area contributed by atoms with Crippen molar-refractivity contribution in [3.8, 4) is 5.88 Å². The molecule has 3 N–H and O–H groups in total. The molecular weight excluding hydrogens is 234 g/mol. The number of hydrogen-bond donors (Lipinski definition) is 2. The van der Waals surface area contributed by atoms with Gasteiger partial charge in [-0.15, -0.1) is 0 Å². The third kappa shape index (κ3) is 1.81. The highest BCUT2D eigenvalue weighted by Crippen LogP contribution is 2.28. The zero-order chi connectivity index (χ0) is 11.8. The Morgan fingerprint density at radius 1 is 1.29 bits per heavy atom. The third-order valence-electron chi connectivity index (χ3n) is 2.42. The number of benzene rings is 1. The largest absolute Gasteiger partial charge is 0.492 e. The normalized spacial score (nSPS) is 15.4. The summed E-state index contributed by atoms with van der Waals surface area (Å²) >= 11 is 1.24. The van der Waals surface area contributed by atoms with Gasteiger partial charge in [-0.25, -0.2) is 4.99 Å². The van der Waals surface area contributed by atoms with E-state index in [1.54, 1.807) is 6.08 Å². The Kier molecular flexibility index (Phi) is 2.19. The summed E-state index contributed by atoms with van der Waals surface area (Å²) < 4.78 is 0. The van der Waals surface area contributed by atoms with E-state index in [0.29, 0.717) is 10.0 Å². The van der Waals surface area contributed by atoms with Crippen LogP contribution in [0.3, 0.4) is 0 Å². The fourth-order valence-electron chi connectivity index (χ4n) is 1.68. The lowest BCUT2D eigenvalue weighted by molar-refractivity contribution is 0.457.